The van der Waals surface area contributed by atoms with E-state index < -0.39 is 22.0 Å². The van der Waals surface area contributed by atoms with Gasteiger partial charge in [0, 0.05) is 12.6 Å². The van der Waals surface area contributed by atoms with Crippen LogP contribution >= 0.6 is 0 Å². The van der Waals surface area contributed by atoms with Crippen molar-refractivity contribution in [2.24, 2.45) is 0 Å². The second kappa shape index (κ2) is 6.37. The van der Waals surface area contributed by atoms with Crippen LogP contribution in [0.1, 0.15) is 31.4 Å². The molecule has 112 valence electrons. The fraction of sp³-hybridized carbons (Fsp3) is 0.500. The highest BCUT2D eigenvalue weighted by Gasteiger charge is 2.29. The molecule has 1 N–H and O–H groups in total. The van der Waals surface area contributed by atoms with Crippen LogP contribution < -0.4 is 0 Å². The molecule has 1 aromatic carbocycles. The summed E-state index contributed by atoms with van der Waals surface area (Å²) in [5.74, 6) is -1.01. The number of aliphatic carboxylic acids is 1. The van der Waals surface area contributed by atoms with Gasteiger partial charge in [-0.3, -0.25) is 4.79 Å². The summed E-state index contributed by atoms with van der Waals surface area (Å²) >= 11 is 0. The van der Waals surface area contributed by atoms with E-state index in [1.807, 2.05) is 13.8 Å². The summed E-state index contributed by atoms with van der Waals surface area (Å²) in [5, 5.41) is 8.82. The molecule has 5 nitrogen and oxygen atoms in total. The predicted octanol–water partition coefficient (Wildman–Crippen LogP) is 2.18. The molecule has 0 saturated heterocycles. The molecule has 0 bridgehead atoms. The van der Waals surface area contributed by atoms with Crippen molar-refractivity contribution in [3.8, 4) is 0 Å². The second-order valence-electron chi connectivity index (χ2n) is 4.90. The van der Waals surface area contributed by atoms with E-state index in [0.29, 0.717) is 0 Å². The summed E-state index contributed by atoms with van der Waals surface area (Å²) in [7, 11) is -3.67. The molecule has 0 saturated carbocycles. The zero-order valence-electron chi connectivity index (χ0n) is 12.3. The molecule has 0 aromatic heterocycles. The number of carbonyl (C=O) groups is 1. The van der Waals surface area contributed by atoms with E-state index in [4.69, 9.17) is 5.11 Å². The van der Waals surface area contributed by atoms with Gasteiger partial charge < -0.3 is 5.11 Å². The SMILES string of the molecule is CCN(C(C)CC(=O)O)S(=O)(=O)c1ccc(C)c(C)c1. The Morgan fingerprint density at radius 2 is 1.90 bits per heavy atom. The van der Waals surface area contributed by atoms with Gasteiger partial charge in [0.25, 0.3) is 0 Å². The quantitative estimate of drug-likeness (QED) is 0.873. The van der Waals surface area contributed by atoms with Gasteiger partial charge in [-0.15, -0.1) is 0 Å². The largest absolute Gasteiger partial charge is 0.481 e. The van der Waals surface area contributed by atoms with Crippen molar-refractivity contribution < 1.29 is 18.3 Å². The summed E-state index contributed by atoms with van der Waals surface area (Å²) in [5.41, 5.74) is 1.92. The van der Waals surface area contributed by atoms with Crippen molar-refractivity contribution in [1.82, 2.24) is 4.31 Å². The molecule has 0 aliphatic heterocycles. The van der Waals surface area contributed by atoms with E-state index in [-0.39, 0.29) is 17.9 Å². The Labute approximate surface area is 120 Å². The third kappa shape index (κ3) is 3.58. The van der Waals surface area contributed by atoms with Crippen LogP contribution in [0.4, 0.5) is 0 Å². The normalized spacial score (nSPS) is 13.4. The Bertz CT molecular complexity index is 595. The van der Waals surface area contributed by atoms with Gasteiger partial charge >= 0.3 is 5.97 Å². The van der Waals surface area contributed by atoms with Gasteiger partial charge in [-0.25, -0.2) is 8.42 Å². The Kier molecular flexibility index (Phi) is 5.30. The highest BCUT2D eigenvalue weighted by molar-refractivity contribution is 7.89. The molecule has 1 aromatic rings. The third-order valence-electron chi connectivity index (χ3n) is 3.36. The second-order valence-corrected chi connectivity index (χ2v) is 6.79. The fourth-order valence-corrected chi connectivity index (χ4v) is 3.81. The van der Waals surface area contributed by atoms with E-state index in [1.165, 1.54) is 4.31 Å². The summed E-state index contributed by atoms with van der Waals surface area (Å²) in [4.78, 5) is 11.0. The molecule has 1 unspecified atom stereocenters. The summed E-state index contributed by atoms with van der Waals surface area (Å²) in [6, 6.07) is 4.37. The van der Waals surface area contributed by atoms with E-state index in [1.54, 1.807) is 32.0 Å². The third-order valence-corrected chi connectivity index (χ3v) is 5.44. The van der Waals surface area contributed by atoms with Crippen molar-refractivity contribution >= 4 is 16.0 Å². The molecule has 0 radical (unpaired) electrons. The van der Waals surface area contributed by atoms with Gasteiger partial charge in [-0.2, -0.15) is 4.31 Å². The highest BCUT2D eigenvalue weighted by Crippen LogP contribution is 2.21. The minimum Gasteiger partial charge on any atom is -0.481 e. The number of hydrogen-bond donors (Lipinski definition) is 1. The molecule has 6 heteroatoms. The highest BCUT2D eigenvalue weighted by atomic mass is 32.2. The standard InChI is InChI=1S/C14H21NO4S/c1-5-15(12(4)9-14(16)17)20(18,19)13-7-6-10(2)11(3)8-13/h6-8,12H,5,9H2,1-4H3,(H,16,17). The van der Waals surface area contributed by atoms with E-state index >= 15 is 0 Å². The first-order chi connectivity index (χ1) is 9.20. The average Bonchev–Trinajstić information content (AvgIpc) is 2.31. The van der Waals surface area contributed by atoms with Crippen LogP contribution in [-0.2, 0) is 14.8 Å². The van der Waals surface area contributed by atoms with Crippen molar-refractivity contribution in [1.29, 1.82) is 0 Å². The number of carboxylic acid groups (broad SMARTS) is 1. The van der Waals surface area contributed by atoms with Gasteiger partial charge in [0.15, 0.2) is 0 Å². The zero-order valence-corrected chi connectivity index (χ0v) is 13.1. The van der Waals surface area contributed by atoms with Crippen LogP contribution in [0.5, 0.6) is 0 Å². The van der Waals surface area contributed by atoms with Crippen molar-refractivity contribution in [2.75, 3.05) is 6.54 Å². The van der Waals surface area contributed by atoms with Gasteiger partial charge in [-0.1, -0.05) is 13.0 Å². The number of carboxylic acids is 1. The number of nitrogens with zero attached hydrogens (tertiary/aromatic N) is 1. The Morgan fingerprint density at radius 3 is 2.35 bits per heavy atom. The number of aryl methyl sites for hydroxylation is 2. The van der Waals surface area contributed by atoms with Crippen LogP contribution in [0.25, 0.3) is 0 Å². The molecule has 1 rings (SSSR count). The van der Waals surface area contributed by atoms with Crippen LogP contribution in [0, 0.1) is 13.8 Å². The van der Waals surface area contributed by atoms with Gasteiger partial charge in [-0.05, 0) is 44.0 Å². The predicted molar refractivity (Wildman–Crippen MR) is 77.2 cm³/mol. The monoisotopic (exact) mass is 299 g/mol. The number of sulfonamides is 1. The van der Waals surface area contributed by atoms with Gasteiger partial charge in [0.2, 0.25) is 10.0 Å². The molecule has 0 aliphatic rings. The first-order valence-corrected chi connectivity index (χ1v) is 7.95. The Balaban J connectivity index is 3.17. The summed E-state index contributed by atoms with van der Waals surface area (Å²) in [6.45, 7) is 7.32. The van der Waals surface area contributed by atoms with Crippen molar-refractivity contribution in [3.63, 3.8) is 0 Å². The lowest BCUT2D eigenvalue weighted by molar-refractivity contribution is -0.137. The molecule has 0 amide bonds. The lowest BCUT2D eigenvalue weighted by Gasteiger charge is -2.26. The minimum atomic E-state index is -3.67. The van der Waals surface area contributed by atoms with Crippen LogP contribution in [0.3, 0.4) is 0 Å². The molecule has 1 atom stereocenters. The van der Waals surface area contributed by atoms with Crippen molar-refractivity contribution in [2.45, 2.75) is 45.1 Å². The number of rotatable bonds is 6. The zero-order chi connectivity index (χ0) is 15.5. The first kappa shape index (κ1) is 16.7. The van der Waals surface area contributed by atoms with E-state index in [0.717, 1.165) is 11.1 Å². The summed E-state index contributed by atoms with van der Waals surface area (Å²) in [6.07, 6.45) is -0.210. The lowest BCUT2D eigenvalue weighted by Crippen LogP contribution is -2.39. The number of hydrogen-bond acceptors (Lipinski definition) is 3. The lowest BCUT2D eigenvalue weighted by atomic mass is 10.1. The smallest absolute Gasteiger partial charge is 0.304 e. The van der Waals surface area contributed by atoms with E-state index in [2.05, 4.69) is 0 Å². The van der Waals surface area contributed by atoms with E-state index in [9.17, 15) is 13.2 Å². The van der Waals surface area contributed by atoms with Crippen LogP contribution in [0.2, 0.25) is 0 Å². The first-order valence-electron chi connectivity index (χ1n) is 6.51. The minimum absolute atomic E-state index is 0.208. The molecule has 0 spiro atoms. The average molecular weight is 299 g/mol. The topological polar surface area (TPSA) is 74.7 Å². The molecule has 0 aliphatic carbocycles. The maximum absolute atomic E-state index is 12.6. The molecule has 20 heavy (non-hydrogen) atoms. The maximum Gasteiger partial charge on any atom is 0.304 e. The van der Waals surface area contributed by atoms with Crippen LogP contribution in [0.15, 0.2) is 23.1 Å². The fourth-order valence-electron chi connectivity index (χ4n) is 2.08. The van der Waals surface area contributed by atoms with Crippen LogP contribution in [-0.4, -0.2) is 36.4 Å². The Hall–Kier alpha value is -1.40. The molecular formula is C14H21NO4S. The maximum atomic E-state index is 12.6. The molecule has 0 heterocycles. The van der Waals surface area contributed by atoms with Gasteiger partial charge in [0.05, 0.1) is 11.3 Å². The summed E-state index contributed by atoms with van der Waals surface area (Å²) < 4.78 is 26.4. The number of benzene rings is 1. The molecular weight excluding hydrogens is 278 g/mol. The Morgan fingerprint density at radius 1 is 1.30 bits per heavy atom. The van der Waals surface area contributed by atoms with Crippen molar-refractivity contribution in [3.05, 3.63) is 29.3 Å². The van der Waals surface area contributed by atoms with Gasteiger partial charge in [0.1, 0.15) is 0 Å². The molecule has 0 fully saturated rings.